The van der Waals surface area contributed by atoms with E-state index in [9.17, 15) is 13.6 Å². The molecule has 1 aliphatic heterocycles. The summed E-state index contributed by atoms with van der Waals surface area (Å²) in [6.45, 7) is 3.52. The third kappa shape index (κ3) is 3.11. The first kappa shape index (κ1) is 14.0. The molecule has 0 bridgehead atoms. The van der Waals surface area contributed by atoms with E-state index in [-0.39, 0.29) is 11.3 Å². The Morgan fingerprint density at radius 2 is 1.84 bits per heavy atom. The first-order chi connectivity index (χ1) is 9.15. The maximum Gasteiger partial charge on any atom is 0.150 e. The Morgan fingerprint density at radius 3 is 2.32 bits per heavy atom. The molecular formula is C15H19F2NO. The third-order valence-electron chi connectivity index (χ3n) is 3.80. The molecule has 104 valence electrons. The van der Waals surface area contributed by atoms with Gasteiger partial charge in [0.2, 0.25) is 0 Å². The number of hydrogen-bond donors (Lipinski definition) is 0. The molecule has 0 radical (unpaired) electrons. The SMILES string of the molecule is CCCC1CCN(c2c(F)cc(C=O)cc2F)CC1. The van der Waals surface area contributed by atoms with Crippen molar-refractivity contribution in [2.45, 2.75) is 32.6 Å². The van der Waals surface area contributed by atoms with Gasteiger partial charge in [0.15, 0.2) is 0 Å². The Bertz CT molecular complexity index is 430. The molecule has 0 aliphatic carbocycles. The van der Waals surface area contributed by atoms with Crippen LogP contribution in [0.15, 0.2) is 12.1 Å². The number of rotatable bonds is 4. The minimum absolute atomic E-state index is 0.0144. The Labute approximate surface area is 112 Å². The second-order valence-corrected chi connectivity index (χ2v) is 5.17. The second kappa shape index (κ2) is 6.13. The van der Waals surface area contributed by atoms with Crippen molar-refractivity contribution in [3.8, 4) is 0 Å². The number of hydrogen-bond acceptors (Lipinski definition) is 2. The average Bonchev–Trinajstić information content (AvgIpc) is 2.40. The summed E-state index contributed by atoms with van der Waals surface area (Å²) in [5, 5.41) is 0. The van der Waals surface area contributed by atoms with Crippen molar-refractivity contribution in [2.24, 2.45) is 5.92 Å². The highest BCUT2D eigenvalue weighted by Gasteiger charge is 2.23. The number of benzene rings is 1. The van der Waals surface area contributed by atoms with E-state index in [1.807, 2.05) is 0 Å². The fourth-order valence-corrected chi connectivity index (χ4v) is 2.81. The van der Waals surface area contributed by atoms with Gasteiger partial charge in [0.1, 0.15) is 23.6 Å². The first-order valence-corrected chi connectivity index (χ1v) is 6.84. The molecule has 2 nitrogen and oxygen atoms in total. The lowest BCUT2D eigenvalue weighted by molar-refractivity contribution is 0.112. The zero-order valence-electron chi connectivity index (χ0n) is 11.2. The third-order valence-corrected chi connectivity index (χ3v) is 3.80. The number of halogens is 2. The quantitative estimate of drug-likeness (QED) is 0.773. The lowest BCUT2D eigenvalue weighted by atomic mass is 9.92. The van der Waals surface area contributed by atoms with Gasteiger partial charge in [0.05, 0.1) is 0 Å². The molecule has 0 saturated carbocycles. The molecule has 1 aromatic carbocycles. The highest BCUT2D eigenvalue weighted by Crippen LogP contribution is 2.30. The largest absolute Gasteiger partial charge is 0.367 e. The van der Waals surface area contributed by atoms with Crippen molar-refractivity contribution in [1.82, 2.24) is 0 Å². The predicted molar refractivity (Wildman–Crippen MR) is 71.6 cm³/mol. The molecule has 0 spiro atoms. The predicted octanol–water partition coefficient (Wildman–Crippen LogP) is 3.79. The summed E-state index contributed by atoms with van der Waals surface area (Å²) < 4.78 is 27.8. The number of carbonyl (C=O) groups excluding carboxylic acids is 1. The average molecular weight is 267 g/mol. The number of aldehydes is 1. The van der Waals surface area contributed by atoms with Gasteiger partial charge in [-0.2, -0.15) is 0 Å². The van der Waals surface area contributed by atoms with Gasteiger partial charge >= 0.3 is 0 Å². The summed E-state index contributed by atoms with van der Waals surface area (Å²) in [6.07, 6.45) is 4.75. The first-order valence-electron chi connectivity index (χ1n) is 6.84. The lowest BCUT2D eigenvalue weighted by Crippen LogP contribution is -2.34. The van der Waals surface area contributed by atoms with E-state index in [2.05, 4.69) is 6.92 Å². The van der Waals surface area contributed by atoms with Crippen molar-refractivity contribution in [3.05, 3.63) is 29.3 Å². The van der Waals surface area contributed by atoms with Gasteiger partial charge in [-0.3, -0.25) is 4.79 Å². The number of carbonyl (C=O) groups is 1. The molecule has 1 fully saturated rings. The molecule has 0 unspecified atom stereocenters. The highest BCUT2D eigenvalue weighted by atomic mass is 19.1. The molecule has 19 heavy (non-hydrogen) atoms. The van der Waals surface area contributed by atoms with Crippen molar-refractivity contribution >= 4 is 12.0 Å². The minimum atomic E-state index is -0.643. The molecule has 0 N–H and O–H groups in total. The van der Waals surface area contributed by atoms with E-state index in [4.69, 9.17) is 0 Å². The molecule has 4 heteroatoms. The van der Waals surface area contributed by atoms with Crippen molar-refractivity contribution in [1.29, 1.82) is 0 Å². The topological polar surface area (TPSA) is 20.3 Å². The zero-order valence-corrected chi connectivity index (χ0v) is 11.2. The van der Waals surface area contributed by atoms with E-state index in [0.29, 0.717) is 25.3 Å². The van der Waals surface area contributed by atoms with Crippen LogP contribution in [0, 0.1) is 17.6 Å². The van der Waals surface area contributed by atoms with Crippen LogP contribution < -0.4 is 4.90 Å². The molecule has 1 heterocycles. The van der Waals surface area contributed by atoms with Crippen molar-refractivity contribution in [3.63, 3.8) is 0 Å². The normalized spacial score (nSPS) is 16.7. The minimum Gasteiger partial charge on any atom is -0.367 e. The van der Waals surface area contributed by atoms with E-state index in [0.717, 1.165) is 31.4 Å². The summed E-state index contributed by atoms with van der Waals surface area (Å²) >= 11 is 0. The lowest BCUT2D eigenvalue weighted by Gasteiger charge is -2.34. The van der Waals surface area contributed by atoms with E-state index >= 15 is 0 Å². The van der Waals surface area contributed by atoms with E-state index in [1.165, 1.54) is 6.42 Å². The molecule has 0 amide bonds. The summed E-state index contributed by atoms with van der Waals surface area (Å²) in [5.74, 6) is -0.617. The van der Waals surface area contributed by atoms with Crippen molar-refractivity contribution in [2.75, 3.05) is 18.0 Å². The van der Waals surface area contributed by atoms with E-state index in [1.54, 1.807) is 4.90 Å². The standard InChI is InChI=1S/C15H19F2NO/c1-2-3-11-4-6-18(7-5-11)15-13(16)8-12(10-19)9-14(15)17/h8-11H,2-7H2,1H3. The Balaban J connectivity index is 2.13. The van der Waals surface area contributed by atoms with Gasteiger partial charge in [-0.1, -0.05) is 19.8 Å². The number of piperidine rings is 1. The van der Waals surface area contributed by atoms with Crippen LogP contribution in [0.25, 0.3) is 0 Å². The Morgan fingerprint density at radius 1 is 1.26 bits per heavy atom. The molecule has 0 aromatic heterocycles. The van der Waals surface area contributed by atoms with Gasteiger partial charge in [-0.25, -0.2) is 8.78 Å². The number of nitrogens with zero attached hydrogens (tertiary/aromatic N) is 1. The van der Waals surface area contributed by atoms with Crippen LogP contribution in [0.3, 0.4) is 0 Å². The maximum absolute atomic E-state index is 13.9. The highest BCUT2D eigenvalue weighted by molar-refractivity contribution is 5.76. The maximum atomic E-state index is 13.9. The van der Waals surface area contributed by atoms with Gasteiger partial charge < -0.3 is 4.90 Å². The van der Waals surface area contributed by atoms with Gasteiger partial charge in [-0.05, 0) is 30.9 Å². The monoisotopic (exact) mass is 267 g/mol. The molecule has 2 rings (SSSR count). The van der Waals surface area contributed by atoms with Crippen LogP contribution in [0.4, 0.5) is 14.5 Å². The molecule has 1 saturated heterocycles. The van der Waals surface area contributed by atoms with Crippen LogP contribution in [-0.4, -0.2) is 19.4 Å². The Kier molecular flexibility index (Phi) is 4.51. The van der Waals surface area contributed by atoms with Crippen LogP contribution >= 0.6 is 0 Å². The zero-order chi connectivity index (χ0) is 13.8. The van der Waals surface area contributed by atoms with Gasteiger partial charge in [0, 0.05) is 18.7 Å². The van der Waals surface area contributed by atoms with Gasteiger partial charge in [0.25, 0.3) is 0 Å². The summed E-state index contributed by atoms with van der Waals surface area (Å²) in [6, 6.07) is 2.20. The fourth-order valence-electron chi connectivity index (χ4n) is 2.81. The molecular weight excluding hydrogens is 248 g/mol. The smallest absolute Gasteiger partial charge is 0.150 e. The van der Waals surface area contributed by atoms with Crippen LogP contribution in [-0.2, 0) is 0 Å². The van der Waals surface area contributed by atoms with Crippen LogP contribution in [0.5, 0.6) is 0 Å². The molecule has 1 aliphatic rings. The molecule has 0 atom stereocenters. The molecule has 1 aromatic rings. The van der Waals surface area contributed by atoms with Crippen LogP contribution in [0.1, 0.15) is 43.0 Å². The number of anilines is 1. The summed E-state index contributed by atoms with van der Waals surface area (Å²) in [5.41, 5.74) is 0.0557. The fraction of sp³-hybridized carbons (Fsp3) is 0.533. The second-order valence-electron chi connectivity index (χ2n) is 5.17. The summed E-state index contributed by atoms with van der Waals surface area (Å²) in [4.78, 5) is 12.3. The van der Waals surface area contributed by atoms with Crippen LogP contribution in [0.2, 0.25) is 0 Å². The van der Waals surface area contributed by atoms with Gasteiger partial charge in [-0.15, -0.1) is 0 Å². The van der Waals surface area contributed by atoms with Crippen molar-refractivity contribution < 1.29 is 13.6 Å². The Hall–Kier alpha value is -1.45. The van der Waals surface area contributed by atoms with E-state index < -0.39 is 11.6 Å². The summed E-state index contributed by atoms with van der Waals surface area (Å²) in [7, 11) is 0.